The van der Waals surface area contributed by atoms with Crippen molar-refractivity contribution in [2.24, 2.45) is 23.7 Å². The summed E-state index contributed by atoms with van der Waals surface area (Å²) in [5.74, 6) is -1.44. The number of aromatic nitrogens is 1. The quantitative estimate of drug-likeness (QED) is 0.300. The van der Waals surface area contributed by atoms with Gasteiger partial charge in [0.05, 0.1) is 35.4 Å². The number of cyclic esters (lactones) is 1. The molecule has 0 amide bonds. The van der Waals surface area contributed by atoms with Gasteiger partial charge in [-0.15, -0.1) is 11.3 Å². The Bertz CT molecular complexity index is 1650. The van der Waals surface area contributed by atoms with E-state index in [-0.39, 0.29) is 72.4 Å². The van der Waals surface area contributed by atoms with Gasteiger partial charge in [-0.05, 0) is 68.9 Å². The number of ether oxygens (including phenoxy) is 6. The second kappa shape index (κ2) is 15.9. The van der Waals surface area contributed by atoms with Gasteiger partial charge in [-0.1, -0.05) is 49.7 Å². The number of methoxy groups -OCH3 is 3. The zero-order chi connectivity index (χ0) is 36.8. The fourth-order valence-electron chi connectivity index (χ4n) is 9.73. The van der Waals surface area contributed by atoms with E-state index >= 15 is 0 Å². The van der Waals surface area contributed by atoms with Gasteiger partial charge in [-0.3, -0.25) is 9.59 Å². The Morgan fingerprint density at radius 2 is 1.75 bits per heavy atom. The molecule has 3 aliphatic carbocycles. The van der Waals surface area contributed by atoms with Crippen molar-refractivity contribution in [2.45, 2.75) is 127 Å². The molecule has 1 saturated carbocycles. The second-order valence-electron chi connectivity index (χ2n) is 15.3. The zero-order valence-electron chi connectivity index (χ0n) is 30.9. The molecular weight excluding hydrogens is 706 g/mol. The number of Topliss-reactive ketones (excluding diaryl/α,β-unsaturated/α-hetero) is 1. The Labute approximate surface area is 315 Å². The summed E-state index contributed by atoms with van der Waals surface area (Å²) in [7, 11) is 4.92. The summed E-state index contributed by atoms with van der Waals surface area (Å²) in [6.07, 6.45) is 2.87. The fraction of sp³-hybridized carbons (Fsp3) is 0.675. The molecule has 1 N–H and O–H groups in total. The van der Waals surface area contributed by atoms with Crippen LogP contribution in [0.3, 0.4) is 0 Å². The third-order valence-corrected chi connectivity index (χ3v) is 14.0. The first-order chi connectivity index (χ1) is 25.1. The molecular formula is C40H52ClNO9S. The van der Waals surface area contributed by atoms with Crippen LogP contribution >= 0.6 is 22.9 Å². The van der Waals surface area contributed by atoms with E-state index in [1.54, 1.807) is 32.7 Å². The molecule has 1 aromatic heterocycles. The Morgan fingerprint density at radius 3 is 2.46 bits per heavy atom. The van der Waals surface area contributed by atoms with E-state index in [2.05, 4.69) is 6.08 Å². The van der Waals surface area contributed by atoms with E-state index in [0.29, 0.717) is 36.3 Å². The minimum atomic E-state index is -0.775. The van der Waals surface area contributed by atoms with E-state index in [1.807, 2.05) is 45.0 Å². The fourth-order valence-corrected chi connectivity index (χ4v) is 11.4. The lowest BCUT2D eigenvalue weighted by atomic mass is 9.67. The maximum Gasteiger partial charge on any atom is 0.306 e. The molecule has 284 valence electrons. The third kappa shape index (κ3) is 6.94. The largest absolute Gasteiger partial charge is 0.462 e. The highest BCUT2D eigenvalue weighted by Gasteiger charge is 2.57. The first kappa shape index (κ1) is 38.1. The lowest BCUT2D eigenvalue weighted by molar-refractivity contribution is -0.314. The monoisotopic (exact) mass is 757 g/mol. The number of aliphatic hydroxyl groups is 1. The van der Waals surface area contributed by atoms with E-state index < -0.39 is 30.3 Å². The second-order valence-corrected chi connectivity index (χ2v) is 16.7. The van der Waals surface area contributed by atoms with Crippen molar-refractivity contribution in [1.29, 1.82) is 0 Å². The minimum absolute atomic E-state index is 0.0606. The van der Waals surface area contributed by atoms with Gasteiger partial charge in [0, 0.05) is 55.4 Å². The van der Waals surface area contributed by atoms with Crippen molar-refractivity contribution in [3.05, 3.63) is 51.5 Å². The van der Waals surface area contributed by atoms with Crippen LogP contribution in [0.5, 0.6) is 0 Å². The van der Waals surface area contributed by atoms with Gasteiger partial charge in [-0.2, -0.15) is 0 Å². The number of thiazole rings is 1. The van der Waals surface area contributed by atoms with Crippen molar-refractivity contribution in [2.75, 3.05) is 21.3 Å². The standard InChI is InChI=1S/C40H52ClNO9S/c1-7-21-11-10-14-30(43)19(2)34(45)27-17-25-24-15-22(51-40-37(48-6)36(47-5)35(46-4)20(3)49-40)16-28(24)38-33(32(25)26(27)18-31(44)50-21)42-39(52-38)23-12-8-9-13-29(23)41/h8-9,12-13,17,19-22,24-26,28,30,32,35-37,40,43H,7,10-11,14-16,18H2,1-6H3/t19-,20?,21+,22+,24+,25+,26-,28-,30+,32-,35+,36?,37+,40+/m1/s1. The number of carbonyl (C=O) groups excluding carboxylic acids is 2. The molecule has 0 spiro atoms. The number of rotatable bonds is 7. The van der Waals surface area contributed by atoms with Gasteiger partial charge in [0.25, 0.3) is 0 Å². The average Bonchev–Trinajstić information content (AvgIpc) is 3.85. The first-order valence-corrected chi connectivity index (χ1v) is 20.1. The number of hydrogen-bond acceptors (Lipinski definition) is 11. The number of nitrogens with zero attached hydrogens (tertiary/aromatic N) is 1. The summed E-state index contributed by atoms with van der Waals surface area (Å²) in [4.78, 5) is 34.5. The molecule has 3 fully saturated rings. The molecule has 0 bridgehead atoms. The number of halogens is 1. The molecule has 1 aromatic carbocycles. The molecule has 14 atom stereocenters. The summed E-state index contributed by atoms with van der Waals surface area (Å²) in [6, 6.07) is 7.72. The summed E-state index contributed by atoms with van der Waals surface area (Å²) in [5.41, 5.74) is 2.40. The Balaban J connectivity index is 1.27. The normalized spacial score (nSPS) is 39.3. The number of aliphatic hydroxyl groups excluding tert-OH is 1. The van der Waals surface area contributed by atoms with E-state index in [1.165, 1.54) is 0 Å². The Morgan fingerprint density at radius 1 is 1.00 bits per heavy atom. The minimum Gasteiger partial charge on any atom is -0.462 e. The number of fused-ring (bicyclic) bond motifs is 8. The predicted molar refractivity (Wildman–Crippen MR) is 196 cm³/mol. The van der Waals surface area contributed by atoms with Crippen LogP contribution in [0.1, 0.15) is 88.1 Å². The molecule has 2 aromatic rings. The number of hydrogen-bond donors (Lipinski definition) is 1. The topological polar surface area (TPSA) is 123 Å². The van der Waals surface area contributed by atoms with Crippen molar-refractivity contribution in [3.8, 4) is 10.6 Å². The van der Waals surface area contributed by atoms with Crippen LogP contribution in [0.2, 0.25) is 5.02 Å². The van der Waals surface area contributed by atoms with Gasteiger partial charge in [0.15, 0.2) is 12.1 Å². The molecule has 3 heterocycles. The van der Waals surface area contributed by atoms with Crippen molar-refractivity contribution in [1.82, 2.24) is 4.98 Å². The third-order valence-electron chi connectivity index (χ3n) is 12.4. The van der Waals surface area contributed by atoms with E-state index in [4.69, 9.17) is 45.0 Å². The number of esters is 1. The summed E-state index contributed by atoms with van der Waals surface area (Å²) < 4.78 is 36.7. The molecule has 7 rings (SSSR count). The smallest absolute Gasteiger partial charge is 0.306 e. The Hall–Kier alpha value is -2.22. The maximum atomic E-state index is 14.3. The first-order valence-electron chi connectivity index (χ1n) is 18.9. The molecule has 52 heavy (non-hydrogen) atoms. The summed E-state index contributed by atoms with van der Waals surface area (Å²) in [5, 5.41) is 12.6. The highest BCUT2D eigenvalue weighted by molar-refractivity contribution is 7.15. The summed E-state index contributed by atoms with van der Waals surface area (Å²) in [6.45, 7) is 5.79. The predicted octanol–water partition coefficient (Wildman–Crippen LogP) is 6.86. The molecule has 2 unspecified atom stereocenters. The molecule has 5 aliphatic rings. The molecule has 12 heteroatoms. The summed E-state index contributed by atoms with van der Waals surface area (Å²) >= 11 is 8.38. The number of benzene rings is 1. The van der Waals surface area contributed by atoms with Crippen LogP contribution in [0.4, 0.5) is 0 Å². The van der Waals surface area contributed by atoms with E-state index in [9.17, 15) is 14.7 Å². The van der Waals surface area contributed by atoms with Gasteiger partial charge < -0.3 is 33.5 Å². The van der Waals surface area contributed by atoms with Crippen LogP contribution in [-0.2, 0) is 38.0 Å². The van der Waals surface area contributed by atoms with Gasteiger partial charge in [-0.25, -0.2) is 4.98 Å². The van der Waals surface area contributed by atoms with Crippen molar-refractivity contribution >= 4 is 34.7 Å². The SMILES string of the molecule is CC[C@H]1CCC[C@H](O)[C@@H](C)C(=O)C2=C[C@H]3[C@@H]4C[C@H](O[C@@H]5OC(C)[C@H](OC)C(OC)[C@@H]5OC)C[C@H]4c4sc(-c5ccccc5Cl)nc4[C@H]3[C@@H]2CC(=O)O1. The number of ketones is 1. The van der Waals surface area contributed by atoms with Gasteiger partial charge in [0.1, 0.15) is 29.4 Å². The van der Waals surface area contributed by atoms with Crippen molar-refractivity contribution in [3.63, 3.8) is 0 Å². The van der Waals surface area contributed by atoms with Gasteiger partial charge in [0.2, 0.25) is 0 Å². The lowest BCUT2D eigenvalue weighted by Crippen LogP contribution is -2.59. The number of carbonyl (C=O) groups is 2. The maximum absolute atomic E-state index is 14.3. The lowest BCUT2D eigenvalue weighted by Gasteiger charge is -2.44. The zero-order valence-corrected chi connectivity index (χ0v) is 32.4. The molecule has 0 radical (unpaired) electrons. The van der Waals surface area contributed by atoms with Crippen molar-refractivity contribution < 1.29 is 43.1 Å². The molecule has 10 nitrogen and oxygen atoms in total. The number of allylic oxidation sites excluding steroid dienone is 2. The van der Waals surface area contributed by atoms with Crippen LogP contribution < -0.4 is 0 Å². The van der Waals surface area contributed by atoms with E-state index in [0.717, 1.165) is 34.0 Å². The highest BCUT2D eigenvalue weighted by atomic mass is 35.5. The molecule has 2 aliphatic heterocycles. The highest BCUT2D eigenvalue weighted by Crippen LogP contribution is 2.63. The van der Waals surface area contributed by atoms with Crippen LogP contribution in [0, 0.1) is 23.7 Å². The Kier molecular flexibility index (Phi) is 11.6. The average molecular weight is 758 g/mol. The van der Waals surface area contributed by atoms with Crippen LogP contribution in [0.25, 0.3) is 10.6 Å². The van der Waals surface area contributed by atoms with Crippen LogP contribution in [0.15, 0.2) is 35.9 Å². The molecule has 2 saturated heterocycles. The van der Waals surface area contributed by atoms with Crippen LogP contribution in [-0.4, -0.2) is 92.2 Å². The van der Waals surface area contributed by atoms with Gasteiger partial charge >= 0.3 is 5.97 Å².